The molecule has 0 saturated heterocycles. The van der Waals surface area contributed by atoms with Crippen LogP contribution in [0, 0.1) is 6.92 Å². The Labute approximate surface area is 123 Å². The lowest BCUT2D eigenvalue weighted by molar-refractivity contribution is 0.521. The van der Waals surface area contributed by atoms with Crippen LogP contribution < -0.4 is 5.32 Å². The maximum absolute atomic E-state index is 5.24. The molecule has 2 aromatic heterocycles. The summed E-state index contributed by atoms with van der Waals surface area (Å²) in [6, 6.07) is 12.5. The van der Waals surface area contributed by atoms with Crippen LogP contribution in [0.5, 0.6) is 0 Å². The quantitative estimate of drug-likeness (QED) is 0.777. The zero-order valence-corrected chi connectivity index (χ0v) is 12.1. The molecule has 0 saturated carbocycles. The van der Waals surface area contributed by atoms with Crippen LogP contribution in [0.2, 0.25) is 0 Å². The lowest BCUT2D eigenvalue weighted by atomic mass is 10.1. The summed E-state index contributed by atoms with van der Waals surface area (Å²) >= 11 is 0. The maximum Gasteiger partial charge on any atom is 0.191 e. The number of aryl methyl sites for hydroxylation is 1. The van der Waals surface area contributed by atoms with Crippen molar-refractivity contribution in [3.05, 3.63) is 66.5 Å². The number of oxazole rings is 1. The van der Waals surface area contributed by atoms with E-state index in [4.69, 9.17) is 4.42 Å². The third-order valence-corrected chi connectivity index (χ3v) is 3.39. The molecule has 3 aromatic rings. The molecule has 2 heterocycles. The molecule has 0 spiro atoms. The minimum Gasteiger partial charge on any atom is -0.449 e. The minimum atomic E-state index is 0.230. The van der Waals surface area contributed by atoms with Gasteiger partial charge in [0, 0.05) is 36.6 Å². The molecular formula is C17H17N3O. The highest BCUT2D eigenvalue weighted by molar-refractivity contribution is 5.62. The van der Waals surface area contributed by atoms with Gasteiger partial charge in [-0.2, -0.15) is 0 Å². The first-order valence-electron chi connectivity index (χ1n) is 6.91. The zero-order valence-electron chi connectivity index (χ0n) is 12.1. The van der Waals surface area contributed by atoms with Crippen molar-refractivity contribution in [1.29, 1.82) is 0 Å². The Bertz CT molecular complexity index is 704. The summed E-state index contributed by atoms with van der Waals surface area (Å²) in [5.74, 6) is 0.679. The molecule has 0 bridgehead atoms. The van der Waals surface area contributed by atoms with Crippen LogP contribution in [0.1, 0.15) is 24.4 Å². The van der Waals surface area contributed by atoms with Gasteiger partial charge >= 0.3 is 0 Å². The molecule has 0 radical (unpaired) electrons. The van der Waals surface area contributed by atoms with Gasteiger partial charge in [0.25, 0.3) is 0 Å². The molecule has 4 heteroatoms. The lowest BCUT2D eigenvalue weighted by Gasteiger charge is -2.15. The van der Waals surface area contributed by atoms with Gasteiger partial charge in [0.1, 0.15) is 12.0 Å². The maximum atomic E-state index is 5.24. The third kappa shape index (κ3) is 3.11. The number of anilines is 1. The lowest BCUT2D eigenvalue weighted by Crippen LogP contribution is -2.06. The van der Waals surface area contributed by atoms with Crippen molar-refractivity contribution in [3.8, 4) is 11.3 Å². The number of nitrogens with one attached hydrogen (secondary N) is 1. The number of rotatable bonds is 4. The zero-order chi connectivity index (χ0) is 14.7. The molecular weight excluding hydrogens is 262 g/mol. The van der Waals surface area contributed by atoms with Crippen molar-refractivity contribution in [1.82, 2.24) is 9.97 Å². The Morgan fingerprint density at radius 1 is 1.05 bits per heavy atom. The molecule has 3 rings (SSSR count). The average molecular weight is 279 g/mol. The summed E-state index contributed by atoms with van der Waals surface area (Å²) < 4.78 is 5.24. The number of hydrogen-bond acceptors (Lipinski definition) is 4. The van der Waals surface area contributed by atoms with Crippen molar-refractivity contribution in [2.24, 2.45) is 0 Å². The van der Waals surface area contributed by atoms with E-state index in [0.29, 0.717) is 5.89 Å². The molecule has 1 aromatic carbocycles. The van der Waals surface area contributed by atoms with Crippen LogP contribution in [0.3, 0.4) is 0 Å². The highest BCUT2D eigenvalue weighted by atomic mass is 16.3. The smallest absolute Gasteiger partial charge is 0.191 e. The molecule has 106 valence electrons. The van der Waals surface area contributed by atoms with E-state index < -0.39 is 0 Å². The second-order valence-corrected chi connectivity index (χ2v) is 4.98. The summed E-state index contributed by atoms with van der Waals surface area (Å²) in [6.07, 6.45) is 5.30. The largest absolute Gasteiger partial charge is 0.449 e. The Hall–Kier alpha value is -2.62. The van der Waals surface area contributed by atoms with Crippen LogP contribution in [0.4, 0.5) is 5.69 Å². The van der Waals surface area contributed by atoms with Crippen LogP contribution in [-0.4, -0.2) is 9.97 Å². The first kappa shape index (κ1) is 13.4. The fraction of sp³-hybridized carbons (Fsp3) is 0.176. The van der Waals surface area contributed by atoms with Gasteiger partial charge in [0.2, 0.25) is 0 Å². The third-order valence-electron chi connectivity index (χ3n) is 3.39. The van der Waals surface area contributed by atoms with Gasteiger partial charge in [0.05, 0.1) is 0 Å². The van der Waals surface area contributed by atoms with Crippen LogP contribution in [0.15, 0.2) is 59.5 Å². The van der Waals surface area contributed by atoms with E-state index in [0.717, 1.165) is 16.9 Å². The van der Waals surface area contributed by atoms with Crippen LogP contribution in [-0.2, 0) is 0 Å². The van der Waals surface area contributed by atoms with Gasteiger partial charge in [0.15, 0.2) is 5.89 Å². The van der Waals surface area contributed by atoms with Crippen molar-refractivity contribution in [2.75, 3.05) is 5.32 Å². The predicted octanol–water partition coefficient (Wildman–Crippen LogP) is 4.22. The summed E-state index contributed by atoms with van der Waals surface area (Å²) in [4.78, 5) is 8.36. The van der Waals surface area contributed by atoms with E-state index in [-0.39, 0.29) is 6.04 Å². The van der Waals surface area contributed by atoms with Crippen molar-refractivity contribution < 1.29 is 4.42 Å². The highest BCUT2D eigenvalue weighted by Crippen LogP contribution is 2.23. The number of hydrogen-bond donors (Lipinski definition) is 1. The summed E-state index contributed by atoms with van der Waals surface area (Å²) in [5, 5.41) is 3.47. The molecule has 0 aliphatic carbocycles. The fourth-order valence-electron chi connectivity index (χ4n) is 2.22. The first-order valence-corrected chi connectivity index (χ1v) is 6.91. The second-order valence-electron chi connectivity index (χ2n) is 4.98. The number of aromatic nitrogens is 2. The van der Waals surface area contributed by atoms with E-state index in [1.54, 1.807) is 6.26 Å². The normalized spacial score (nSPS) is 12.1. The van der Waals surface area contributed by atoms with Crippen LogP contribution >= 0.6 is 0 Å². The summed E-state index contributed by atoms with van der Waals surface area (Å²) in [7, 11) is 0. The molecule has 0 aliphatic rings. The van der Waals surface area contributed by atoms with E-state index >= 15 is 0 Å². The van der Waals surface area contributed by atoms with E-state index in [1.807, 2.05) is 43.6 Å². The van der Waals surface area contributed by atoms with E-state index in [1.165, 1.54) is 5.56 Å². The summed E-state index contributed by atoms with van der Waals surface area (Å²) in [5.41, 5.74) is 4.19. The molecule has 0 fully saturated rings. The highest BCUT2D eigenvalue weighted by Gasteiger charge is 2.06. The van der Waals surface area contributed by atoms with Crippen molar-refractivity contribution in [2.45, 2.75) is 19.9 Å². The average Bonchev–Trinajstić information content (AvgIpc) is 2.95. The van der Waals surface area contributed by atoms with E-state index in [2.05, 4.69) is 34.3 Å². The number of nitrogens with zero attached hydrogens (tertiary/aromatic N) is 2. The summed E-state index contributed by atoms with van der Waals surface area (Å²) in [6.45, 7) is 3.97. The molecule has 0 aliphatic heterocycles. The predicted molar refractivity (Wildman–Crippen MR) is 83.0 cm³/mol. The van der Waals surface area contributed by atoms with Crippen molar-refractivity contribution in [3.63, 3.8) is 0 Å². The Morgan fingerprint density at radius 3 is 2.38 bits per heavy atom. The second kappa shape index (κ2) is 5.79. The van der Waals surface area contributed by atoms with Crippen molar-refractivity contribution >= 4 is 5.69 Å². The molecule has 21 heavy (non-hydrogen) atoms. The Kier molecular flexibility index (Phi) is 3.69. The monoisotopic (exact) mass is 279 g/mol. The SMILES string of the molecule is Cc1nc(-c2ccc(NC(C)c3ccncc3)cc2)co1. The Morgan fingerprint density at radius 2 is 1.76 bits per heavy atom. The van der Waals surface area contributed by atoms with Crippen LogP contribution in [0.25, 0.3) is 11.3 Å². The molecule has 0 amide bonds. The first-order chi connectivity index (χ1) is 10.2. The molecule has 1 unspecified atom stereocenters. The topological polar surface area (TPSA) is 51.0 Å². The van der Waals surface area contributed by atoms with Gasteiger partial charge in [-0.05, 0) is 36.8 Å². The fourth-order valence-corrected chi connectivity index (χ4v) is 2.22. The van der Waals surface area contributed by atoms with Gasteiger partial charge in [-0.25, -0.2) is 4.98 Å². The molecule has 1 atom stereocenters. The standard InChI is InChI=1S/C17H17N3O/c1-12(14-7-9-18-10-8-14)19-16-5-3-15(4-6-16)17-11-21-13(2)20-17/h3-12,19H,1-2H3. The Balaban J connectivity index is 1.73. The van der Waals surface area contributed by atoms with Gasteiger partial charge in [-0.3, -0.25) is 4.98 Å². The van der Waals surface area contributed by atoms with Gasteiger partial charge in [-0.1, -0.05) is 12.1 Å². The van der Waals surface area contributed by atoms with Gasteiger partial charge in [-0.15, -0.1) is 0 Å². The number of benzene rings is 1. The van der Waals surface area contributed by atoms with Gasteiger partial charge < -0.3 is 9.73 Å². The minimum absolute atomic E-state index is 0.230. The number of pyridine rings is 1. The van der Waals surface area contributed by atoms with E-state index in [9.17, 15) is 0 Å². The molecule has 1 N–H and O–H groups in total. The molecule has 4 nitrogen and oxygen atoms in total.